The van der Waals surface area contributed by atoms with Gasteiger partial charge in [0.15, 0.2) is 0 Å². The third-order valence-electron chi connectivity index (χ3n) is 11.5. The van der Waals surface area contributed by atoms with Gasteiger partial charge in [0.05, 0.1) is 5.69 Å². The molecule has 0 amide bonds. The fourth-order valence-electron chi connectivity index (χ4n) is 8.06. The number of hydrogen-bond donors (Lipinski definition) is 0. The molecule has 0 atom stereocenters. The van der Waals surface area contributed by atoms with Gasteiger partial charge in [0.1, 0.15) is 0 Å². The maximum Gasteiger partial charge on any atom is 0.0540 e. The summed E-state index contributed by atoms with van der Waals surface area (Å²) in [5.74, 6) is 0. The molecule has 0 fully saturated rings. The van der Waals surface area contributed by atoms with Gasteiger partial charge in [-0.1, -0.05) is 196 Å². The molecule has 0 aromatic heterocycles. The molecule has 284 valence electrons. The lowest BCUT2D eigenvalue weighted by Crippen LogP contribution is -2.16. The van der Waals surface area contributed by atoms with Gasteiger partial charge in [0.2, 0.25) is 0 Å². The van der Waals surface area contributed by atoms with Gasteiger partial charge in [0, 0.05) is 16.9 Å². The first-order valence-electron chi connectivity index (χ1n) is 20.4. The summed E-state index contributed by atoms with van der Waals surface area (Å²) < 4.78 is 0. The minimum Gasteiger partial charge on any atom is -0.310 e. The molecule has 0 aliphatic rings. The highest BCUT2D eigenvalue weighted by atomic mass is 15.1. The van der Waals surface area contributed by atoms with Crippen molar-refractivity contribution in [1.82, 2.24) is 0 Å². The highest BCUT2D eigenvalue weighted by Gasteiger charge is 2.24. The lowest BCUT2D eigenvalue weighted by molar-refractivity contribution is 0.569. The number of hydrogen-bond acceptors (Lipinski definition) is 1. The van der Waals surface area contributed by atoms with Crippen molar-refractivity contribution in [2.24, 2.45) is 0 Å². The van der Waals surface area contributed by atoms with E-state index in [9.17, 15) is 0 Å². The third-order valence-corrected chi connectivity index (χ3v) is 11.5. The molecule has 0 N–H and O–H groups in total. The van der Waals surface area contributed by atoms with Crippen LogP contribution in [0.15, 0.2) is 170 Å². The Morgan fingerprint density at radius 3 is 1.42 bits per heavy atom. The molecule has 1 heteroatoms. The van der Waals surface area contributed by atoms with Gasteiger partial charge < -0.3 is 4.90 Å². The first kappa shape index (κ1) is 38.0. The summed E-state index contributed by atoms with van der Waals surface area (Å²) in [4.78, 5) is 2.44. The predicted octanol–water partition coefficient (Wildman–Crippen LogP) is 16.4. The zero-order valence-electron chi connectivity index (χ0n) is 35.1. The summed E-state index contributed by atoms with van der Waals surface area (Å²) in [5.41, 5.74) is 14.9. The zero-order valence-corrected chi connectivity index (χ0v) is 35.1. The van der Waals surface area contributed by atoms with Gasteiger partial charge in [-0.15, -0.1) is 0 Å². The first-order chi connectivity index (χ1) is 27.1. The lowest BCUT2D eigenvalue weighted by atomic mass is 9.78. The number of benzene rings is 8. The Kier molecular flexibility index (Phi) is 9.69. The van der Waals surface area contributed by atoms with Crippen LogP contribution < -0.4 is 4.90 Å². The monoisotopic (exact) mass is 741 g/mol. The second-order valence-corrected chi connectivity index (χ2v) is 18.8. The molecule has 8 aromatic rings. The van der Waals surface area contributed by atoms with E-state index in [1.54, 1.807) is 0 Å². The third kappa shape index (κ3) is 7.64. The zero-order chi connectivity index (χ0) is 40.1. The molecule has 8 rings (SSSR count). The second kappa shape index (κ2) is 14.5. The fraction of sp³-hybridized carbons (Fsp3) is 0.214. The first-order valence-corrected chi connectivity index (χ1v) is 20.4. The van der Waals surface area contributed by atoms with Crippen molar-refractivity contribution in [2.45, 2.75) is 78.6 Å². The molecule has 8 aromatic carbocycles. The molecule has 0 saturated carbocycles. The van der Waals surface area contributed by atoms with Crippen molar-refractivity contribution < 1.29 is 0 Å². The molecule has 1 nitrogen and oxygen atoms in total. The minimum absolute atomic E-state index is 0.0168. The van der Waals surface area contributed by atoms with Crippen LogP contribution in [-0.2, 0) is 16.2 Å². The van der Waals surface area contributed by atoms with E-state index in [-0.39, 0.29) is 16.2 Å². The van der Waals surface area contributed by atoms with E-state index in [2.05, 4.69) is 237 Å². The van der Waals surface area contributed by atoms with Gasteiger partial charge in [-0.2, -0.15) is 0 Å². The Bertz CT molecular complexity index is 2670. The summed E-state index contributed by atoms with van der Waals surface area (Å²) in [7, 11) is 0. The van der Waals surface area contributed by atoms with E-state index < -0.39 is 0 Å². The molecule has 0 bridgehead atoms. The topological polar surface area (TPSA) is 3.24 Å². The van der Waals surface area contributed by atoms with E-state index in [1.807, 2.05) is 0 Å². The second-order valence-electron chi connectivity index (χ2n) is 18.8. The summed E-state index contributed by atoms with van der Waals surface area (Å²) in [6.07, 6.45) is 0. The van der Waals surface area contributed by atoms with E-state index in [1.165, 1.54) is 71.6 Å². The maximum absolute atomic E-state index is 2.44. The normalized spacial score (nSPS) is 12.3. The number of nitrogens with zero attached hydrogens (tertiary/aromatic N) is 1. The average Bonchev–Trinajstić information content (AvgIpc) is 3.20. The SMILES string of the molecule is CC(C)(C)c1ccc(N(c2ccc(-c3ccc4ccccc4c3)cc2)c2ccccc2-c2cccc3cccc(-c4cc(C(C)(C)C)cc(C(C)(C)C)c4)c23)cc1. The largest absolute Gasteiger partial charge is 0.310 e. The maximum atomic E-state index is 2.44. The number of fused-ring (bicyclic) bond motifs is 2. The molecule has 57 heavy (non-hydrogen) atoms. The summed E-state index contributed by atoms with van der Waals surface area (Å²) >= 11 is 0. The molecular weight excluding hydrogens is 687 g/mol. The Hall–Kier alpha value is -5.92. The quantitative estimate of drug-likeness (QED) is 0.164. The summed E-state index contributed by atoms with van der Waals surface area (Å²) in [6, 6.07) is 63.4. The number of rotatable bonds is 6. The smallest absolute Gasteiger partial charge is 0.0540 e. The van der Waals surface area contributed by atoms with Crippen molar-refractivity contribution in [2.75, 3.05) is 4.90 Å². The van der Waals surface area contributed by atoms with Gasteiger partial charge >= 0.3 is 0 Å². The van der Waals surface area contributed by atoms with Crippen LogP contribution in [-0.4, -0.2) is 0 Å². The summed E-state index contributed by atoms with van der Waals surface area (Å²) in [5, 5.41) is 5.02. The standard InChI is InChI=1S/C56H55N/c1-54(2,3)44-28-32-48(33-29-44)57(47-30-26-39(27-31-47)42-25-24-38-16-10-11-17-41(38)34-42)52-23-13-12-20-50(52)51-22-15-19-40-18-14-21-49(53(40)51)43-35-45(55(4,5)6)37-46(36-43)56(7,8)9/h10-37H,1-9H3. The molecule has 0 radical (unpaired) electrons. The highest BCUT2D eigenvalue weighted by Crippen LogP contribution is 2.46. The molecule has 0 heterocycles. The van der Waals surface area contributed by atoms with Crippen LogP contribution >= 0.6 is 0 Å². The lowest BCUT2D eigenvalue weighted by Gasteiger charge is -2.29. The van der Waals surface area contributed by atoms with Gasteiger partial charge in [0.25, 0.3) is 0 Å². The fourth-order valence-corrected chi connectivity index (χ4v) is 8.06. The van der Waals surface area contributed by atoms with Crippen molar-refractivity contribution in [1.29, 1.82) is 0 Å². The average molecular weight is 742 g/mol. The molecule has 0 spiro atoms. The Balaban J connectivity index is 1.32. The van der Waals surface area contributed by atoms with Gasteiger partial charge in [-0.3, -0.25) is 0 Å². The van der Waals surface area contributed by atoms with E-state index in [4.69, 9.17) is 0 Å². The van der Waals surface area contributed by atoms with Crippen molar-refractivity contribution >= 4 is 38.6 Å². The van der Waals surface area contributed by atoms with Crippen LogP contribution in [0.25, 0.3) is 54.9 Å². The van der Waals surface area contributed by atoms with Crippen LogP contribution in [0.3, 0.4) is 0 Å². The predicted molar refractivity (Wildman–Crippen MR) is 249 cm³/mol. The van der Waals surface area contributed by atoms with Crippen molar-refractivity contribution in [3.63, 3.8) is 0 Å². The molecule has 0 unspecified atom stereocenters. The van der Waals surface area contributed by atoms with E-state index >= 15 is 0 Å². The van der Waals surface area contributed by atoms with Crippen LogP contribution in [0.4, 0.5) is 17.1 Å². The number of para-hydroxylation sites is 1. The van der Waals surface area contributed by atoms with Crippen LogP contribution in [0.2, 0.25) is 0 Å². The molecular formula is C56H55N. The van der Waals surface area contributed by atoms with E-state index in [0.717, 1.165) is 17.1 Å². The van der Waals surface area contributed by atoms with E-state index in [0.29, 0.717) is 0 Å². The summed E-state index contributed by atoms with van der Waals surface area (Å²) in [6.45, 7) is 20.8. The molecule has 0 saturated heterocycles. The minimum atomic E-state index is 0.0168. The van der Waals surface area contributed by atoms with Crippen molar-refractivity contribution in [3.05, 3.63) is 187 Å². The van der Waals surface area contributed by atoms with Gasteiger partial charge in [-0.05, 0) is 119 Å². The molecule has 0 aliphatic heterocycles. The van der Waals surface area contributed by atoms with Gasteiger partial charge in [-0.25, -0.2) is 0 Å². The highest BCUT2D eigenvalue weighted by molar-refractivity contribution is 6.09. The van der Waals surface area contributed by atoms with Crippen LogP contribution in [0.5, 0.6) is 0 Å². The molecule has 0 aliphatic carbocycles. The Labute approximate surface area is 340 Å². The van der Waals surface area contributed by atoms with Crippen LogP contribution in [0.1, 0.15) is 79.0 Å². The number of anilines is 3. The van der Waals surface area contributed by atoms with Crippen molar-refractivity contribution in [3.8, 4) is 33.4 Å². The Morgan fingerprint density at radius 2 is 0.807 bits per heavy atom. The Morgan fingerprint density at radius 1 is 0.316 bits per heavy atom. The van der Waals surface area contributed by atoms with Crippen LogP contribution in [0, 0.1) is 0 Å².